The summed E-state index contributed by atoms with van der Waals surface area (Å²) in [6.07, 6.45) is 4.33. The van der Waals surface area contributed by atoms with Crippen LogP contribution in [0.3, 0.4) is 0 Å². The van der Waals surface area contributed by atoms with Gasteiger partial charge in [0.25, 0.3) is 11.5 Å². The Hall–Kier alpha value is -3.33. The fraction of sp³-hybridized carbons (Fsp3) is 0.263. The minimum absolute atomic E-state index is 0.0224. The number of nitrogens with zero attached hydrogens (tertiary/aromatic N) is 3. The Morgan fingerprint density at radius 2 is 2.17 bits per heavy atom. The van der Waals surface area contributed by atoms with Gasteiger partial charge in [0.1, 0.15) is 17.3 Å². The Bertz CT molecular complexity index is 1120. The second-order valence-corrected chi connectivity index (χ2v) is 6.76. The number of unbranched alkanes of at least 4 members (excludes halogenated alkanes) is 1. The van der Waals surface area contributed by atoms with Crippen LogP contribution in [0, 0.1) is 0 Å². The Morgan fingerprint density at radius 1 is 1.38 bits per heavy atom. The van der Waals surface area contributed by atoms with Gasteiger partial charge in [0.15, 0.2) is 5.69 Å². The van der Waals surface area contributed by atoms with E-state index in [1.807, 2.05) is 6.92 Å². The van der Waals surface area contributed by atoms with E-state index < -0.39 is 17.2 Å². The number of nitrogens with two attached hydrogens (primary N) is 1. The number of halogens is 1. The third kappa shape index (κ3) is 4.40. The number of furan rings is 1. The van der Waals surface area contributed by atoms with Crippen LogP contribution < -0.4 is 21.9 Å². The molecular formula is C19H20ClN5O4. The molecule has 0 fully saturated rings. The van der Waals surface area contributed by atoms with Crippen LogP contribution in [-0.4, -0.2) is 20.4 Å². The van der Waals surface area contributed by atoms with Gasteiger partial charge in [-0.25, -0.2) is 4.79 Å². The molecule has 0 bridgehead atoms. The van der Waals surface area contributed by atoms with Gasteiger partial charge in [0.05, 0.1) is 12.8 Å². The smallest absolute Gasteiger partial charge is 0.330 e. The average molecular weight is 418 g/mol. The summed E-state index contributed by atoms with van der Waals surface area (Å²) >= 11 is 5.98. The highest BCUT2D eigenvalue weighted by Crippen LogP contribution is 2.22. The van der Waals surface area contributed by atoms with Gasteiger partial charge in [-0.05, 0) is 30.7 Å². The first-order valence-electron chi connectivity index (χ1n) is 9.00. The van der Waals surface area contributed by atoms with Crippen molar-refractivity contribution in [1.29, 1.82) is 0 Å². The molecule has 0 saturated carbocycles. The zero-order valence-electron chi connectivity index (χ0n) is 15.7. The van der Waals surface area contributed by atoms with E-state index in [-0.39, 0.29) is 23.7 Å². The minimum atomic E-state index is -0.776. The summed E-state index contributed by atoms with van der Waals surface area (Å²) in [6.45, 7) is 2.19. The molecule has 0 unspecified atom stereocenters. The first-order chi connectivity index (χ1) is 13.9. The van der Waals surface area contributed by atoms with Gasteiger partial charge in [-0.3, -0.25) is 29.0 Å². The molecule has 3 rings (SSSR count). The zero-order chi connectivity index (χ0) is 21.0. The normalized spacial score (nSPS) is 10.8. The van der Waals surface area contributed by atoms with E-state index in [1.54, 1.807) is 12.1 Å². The fourth-order valence-electron chi connectivity index (χ4n) is 2.85. The number of nitrogen functional groups attached to an aromatic ring is 1. The van der Waals surface area contributed by atoms with Crippen molar-refractivity contribution in [2.24, 2.45) is 0 Å². The van der Waals surface area contributed by atoms with Gasteiger partial charge in [0, 0.05) is 17.8 Å². The maximum Gasteiger partial charge on any atom is 0.330 e. The zero-order valence-corrected chi connectivity index (χ0v) is 16.5. The summed E-state index contributed by atoms with van der Waals surface area (Å²) in [6, 6.07) is 6.23. The quantitative estimate of drug-likeness (QED) is 0.607. The van der Waals surface area contributed by atoms with Crippen LogP contribution in [0.25, 0.3) is 0 Å². The van der Waals surface area contributed by atoms with Crippen molar-refractivity contribution >= 4 is 29.0 Å². The number of hydrogen-bond donors (Lipinski definition) is 2. The highest BCUT2D eigenvalue weighted by atomic mass is 35.5. The van der Waals surface area contributed by atoms with Crippen LogP contribution in [-0.2, 0) is 13.1 Å². The summed E-state index contributed by atoms with van der Waals surface area (Å²) in [5, 5.41) is 0.316. The van der Waals surface area contributed by atoms with Crippen molar-refractivity contribution < 1.29 is 9.21 Å². The number of amides is 1. The van der Waals surface area contributed by atoms with Gasteiger partial charge in [0.2, 0.25) is 0 Å². The number of rotatable bonds is 7. The monoisotopic (exact) mass is 417 g/mol. The summed E-state index contributed by atoms with van der Waals surface area (Å²) in [5.41, 5.74) is 4.64. The average Bonchev–Trinajstić information content (AvgIpc) is 3.19. The highest BCUT2D eigenvalue weighted by Gasteiger charge is 2.27. The van der Waals surface area contributed by atoms with E-state index in [2.05, 4.69) is 9.97 Å². The number of H-pyrrole nitrogens is 1. The first-order valence-corrected chi connectivity index (χ1v) is 9.38. The largest absolute Gasteiger partial charge is 0.467 e. The molecule has 0 aromatic carbocycles. The number of carbonyl (C=O) groups excluding carboxylic acids is 1. The second kappa shape index (κ2) is 8.78. The topological polar surface area (TPSA) is 127 Å². The van der Waals surface area contributed by atoms with Gasteiger partial charge in [-0.15, -0.1) is 0 Å². The van der Waals surface area contributed by atoms with E-state index in [0.29, 0.717) is 23.7 Å². The number of aromatic amines is 1. The number of aromatic nitrogens is 3. The molecule has 1 amide bonds. The molecule has 0 aliphatic rings. The van der Waals surface area contributed by atoms with Crippen LogP contribution in [0.1, 0.15) is 36.0 Å². The van der Waals surface area contributed by atoms with Crippen LogP contribution in [0.5, 0.6) is 0 Å². The van der Waals surface area contributed by atoms with Gasteiger partial charge in [-0.1, -0.05) is 24.9 Å². The van der Waals surface area contributed by atoms with Gasteiger partial charge < -0.3 is 10.2 Å². The van der Waals surface area contributed by atoms with Crippen molar-refractivity contribution in [3.05, 3.63) is 74.0 Å². The first kappa shape index (κ1) is 20.4. The standard InChI is InChI=1S/C19H20ClN5O4/c1-2-3-8-24-16(21)15(17(26)23-19(24)28)25(11-13-5-4-9-29-13)18(27)14-10-12(20)6-7-22-14/h4-7,9-10H,2-3,8,11,21H2,1H3,(H,23,26,28). The third-order valence-corrected chi connectivity index (χ3v) is 4.53. The Kier molecular flexibility index (Phi) is 6.18. The number of nitrogens with one attached hydrogen (secondary N) is 1. The predicted molar refractivity (Wildman–Crippen MR) is 109 cm³/mol. The van der Waals surface area contributed by atoms with Crippen LogP contribution in [0.2, 0.25) is 5.02 Å². The van der Waals surface area contributed by atoms with Gasteiger partial charge >= 0.3 is 5.69 Å². The number of anilines is 2. The number of hydrogen-bond acceptors (Lipinski definition) is 6. The van der Waals surface area contributed by atoms with Crippen molar-refractivity contribution in [3.8, 4) is 0 Å². The molecule has 3 heterocycles. The molecule has 0 aliphatic heterocycles. The highest BCUT2D eigenvalue weighted by molar-refractivity contribution is 6.31. The second-order valence-electron chi connectivity index (χ2n) is 6.33. The summed E-state index contributed by atoms with van der Waals surface area (Å²) in [7, 11) is 0. The molecule has 152 valence electrons. The minimum Gasteiger partial charge on any atom is -0.467 e. The van der Waals surface area contributed by atoms with E-state index in [4.69, 9.17) is 21.8 Å². The molecule has 0 aliphatic carbocycles. The molecule has 0 atom stereocenters. The van der Waals surface area contributed by atoms with E-state index in [1.165, 1.54) is 29.2 Å². The Balaban J connectivity index is 2.15. The Labute approximate surface area is 170 Å². The Morgan fingerprint density at radius 3 is 2.83 bits per heavy atom. The molecule has 0 radical (unpaired) electrons. The summed E-state index contributed by atoms with van der Waals surface area (Å²) in [5.74, 6) is -0.290. The van der Waals surface area contributed by atoms with Crippen molar-refractivity contribution in [2.45, 2.75) is 32.9 Å². The molecule has 0 spiro atoms. The van der Waals surface area contributed by atoms with Crippen molar-refractivity contribution in [3.63, 3.8) is 0 Å². The van der Waals surface area contributed by atoms with E-state index in [0.717, 1.165) is 11.3 Å². The molecule has 9 nitrogen and oxygen atoms in total. The molecule has 3 N–H and O–H groups in total. The van der Waals surface area contributed by atoms with Crippen LogP contribution >= 0.6 is 11.6 Å². The molecule has 0 saturated heterocycles. The van der Waals surface area contributed by atoms with Gasteiger partial charge in [-0.2, -0.15) is 0 Å². The lowest BCUT2D eigenvalue weighted by Crippen LogP contribution is -2.41. The van der Waals surface area contributed by atoms with Crippen LogP contribution in [0.4, 0.5) is 11.5 Å². The van der Waals surface area contributed by atoms with E-state index in [9.17, 15) is 14.4 Å². The lowest BCUT2D eigenvalue weighted by atomic mass is 10.2. The summed E-state index contributed by atoms with van der Waals surface area (Å²) in [4.78, 5) is 45.5. The maximum atomic E-state index is 13.2. The molecule has 10 heteroatoms. The lowest BCUT2D eigenvalue weighted by Gasteiger charge is -2.23. The molecule has 29 heavy (non-hydrogen) atoms. The van der Waals surface area contributed by atoms with Crippen molar-refractivity contribution in [2.75, 3.05) is 10.6 Å². The maximum absolute atomic E-state index is 13.2. The summed E-state index contributed by atoms with van der Waals surface area (Å²) < 4.78 is 6.58. The molecule has 3 aromatic heterocycles. The molecule has 3 aromatic rings. The molecular weight excluding hydrogens is 398 g/mol. The van der Waals surface area contributed by atoms with Crippen LogP contribution in [0.15, 0.2) is 50.7 Å². The third-order valence-electron chi connectivity index (χ3n) is 4.30. The fourth-order valence-corrected chi connectivity index (χ4v) is 3.01. The van der Waals surface area contributed by atoms with Crippen molar-refractivity contribution in [1.82, 2.24) is 14.5 Å². The van der Waals surface area contributed by atoms with E-state index >= 15 is 0 Å². The predicted octanol–water partition coefficient (Wildman–Crippen LogP) is 2.41. The SMILES string of the molecule is CCCCn1c(N)c(N(Cc2ccco2)C(=O)c2cc(Cl)ccn2)c(=O)[nH]c1=O. The number of pyridine rings is 1. The lowest BCUT2D eigenvalue weighted by molar-refractivity contribution is 0.0978. The number of carbonyl (C=O) groups is 1.